The largest absolute Gasteiger partial charge is 0.324 e. The molecule has 1 heterocycles. The lowest BCUT2D eigenvalue weighted by atomic mass is 9.97. The van der Waals surface area contributed by atoms with Gasteiger partial charge in [0.05, 0.1) is 11.4 Å². The normalized spacial score (nSPS) is 12.4. The molecule has 0 fully saturated rings. The quantitative estimate of drug-likeness (QED) is 0.928. The average Bonchev–Trinajstić information content (AvgIpc) is 2.41. The number of nitrogens with two attached hydrogens (primary N) is 1. The predicted octanol–water partition coefficient (Wildman–Crippen LogP) is 3.49. The molecule has 1 unspecified atom stereocenters. The summed E-state index contributed by atoms with van der Waals surface area (Å²) in [5, 5.41) is 8.21. The number of aryl methyl sites for hydroxylation is 2. The van der Waals surface area contributed by atoms with Gasteiger partial charge in [0.2, 0.25) is 0 Å². The Balaban J connectivity index is 2.27. The van der Waals surface area contributed by atoms with Crippen LogP contribution >= 0.6 is 15.9 Å². The standard InChI is InChI=1S/C15H17BrFN3/c1-3-15-12(6-9(2)19-20-15)14(18)7-10-4-5-11(16)8-13(10)17/h4-6,8,14H,3,7,18H2,1-2H3. The van der Waals surface area contributed by atoms with Gasteiger partial charge >= 0.3 is 0 Å². The average molecular weight is 338 g/mol. The van der Waals surface area contributed by atoms with Crippen molar-refractivity contribution in [1.82, 2.24) is 10.2 Å². The molecule has 0 spiro atoms. The zero-order chi connectivity index (χ0) is 14.7. The van der Waals surface area contributed by atoms with Gasteiger partial charge in [-0.25, -0.2) is 4.39 Å². The maximum atomic E-state index is 13.9. The Morgan fingerprint density at radius 1 is 1.30 bits per heavy atom. The van der Waals surface area contributed by atoms with Crippen LogP contribution in [0.2, 0.25) is 0 Å². The molecule has 2 N–H and O–H groups in total. The molecule has 2 aromatic rings. The highest BCUT2D eigenvalue weighted by Crippen LogP contribution is 2.23. The molecule has 2 rings (SSSR count). The summed E-state index contributed by atoms with van der Waals surface area (Å²) in [6.07, 6.45) is 1.20. The Bertz CT molecular complexity index is 616. The van der Waals surface area contributed by atoms with Gasteiger partial charge in [-0.05, 0) is 49.1 Å². The van der Waals surface area contributed by atoms with Gasteiger partial charge in [0.1, 0.15) is 5.82 Å². The van der Waals surface area contributed by atoms with Crippen LogP contribution in [-0.4, -0.2) is 10.2 Å². The molecule has 106 valence electrons. The molecule has 0 saturated heterocycles. The first kappa shape index (κ1) is 15.1. The van der Waals surface area contributed by atoms with Crippen LogP contribution in [0, 0.1) is 12.7 Å². The lowest BCUT2D eigenvalue weighted by Gasteiger charge is -2.16. The van der Waals surface area contributed by atoms with Crippen LogP contribution in [0.25, 0.3) is 0 Å². The number of hydrogen-bond acceptors (Lipinski definition) is 3. The molecule has 0 aliphatic rings. The van der Waals surface area contributed by atoms with E-state index in [1.807, 2.05) is 26.0 Å². The first-order valence-corrected chi connectivity index (χ1v) is 7.33. The minimum Gasteiger partial charge on any atom is -0.324 e. The maximum Gasteiger partial charge on any atom is 0.127 e. The van der Waals surface area contributed by atoms with Crippen LogP contribution in [0.1, 0.15) is 35.5 Å². The number of benzene rings is 1. The van der Waals surface area contributed by atoms with Gasteiger partial charge in [0.15, 0.2) is 0 Å². The Morgan fingerprint density at radius 2 is 2.05 bits per heavy atom. The molecule has 0 aliphatic carbocycles. The SMILES string of the molecule is CCc1nnc(C)cc1C(N)Cc1ccc(Br)cc1F. The minimum absolute atomic E-state index is 0.244. The summed E-state index contributed by atoms with van der Waals surface area (Å²) in [5.74, 6) is -0.244. The van der Waals surface area contributed by atoms with Gasteiger partial charge in [0.25, 0.3) is 0 Å². The van der Waals surface area contributed by atoms with Gasteiger partial charge in [-0.3, -0.25) is 0 Å². The molecule has 3 nitrogen and oxygen atoms in total. The Morgan fingerprint density at radius 3 is 2.70 bits per heavy atom. The zero-order valence-corrected chi connectivity index (χ0v) is 13.1. The van der Waals surface area contributed by atoms with Crippen molar-refractivity contribution in [3.8, 4) is 0 Å². The summed E-state index contributed by atoms with van der Waals surface area (Å²) >= 11 is 3.25. The van der Waals surface area contributed by atoms with Crippen molar-refractivity contribution in [2.75, 3.05) is 0 Å². The molecule has 0 amide bonds. The Kier molecular flexibility index (Phi) is 4.83. The fraction of sp³-hybridized carbons (Fsp3) is 0.333. The van der Waals surface area contributed by atoms with Crippen LogP contribution < -0.4 is 5.73 Å². The minimum atomic E-state index is -0.283. The van der Waals surface area contributed by atoms with Crippen LogP contribution in [0.3, 0.4) is 0 Å². The summed E-state index contributed by atoms with van der Waals surface area (Å²) in [6, 6.07) is 6.69. The van der Waals surface area contributed by atoms with Crippen LogP contribution in [0.4, 0.5) is 4.39 Å². The van der Waals surface area contributed by atoms with Crippen molar-refractivity contribution in [3.05, 3.63) is 57.1 Å². The van der Waals surface area contributed by atoms with Gasteiger partial charge in [0, 0.05) is 10.5 Å². The number of aromatic nitrogens is 2. The number of nitrogens with zero attached hydrogens (tertiary/aromatic N) is 2. The van der Waals surface area contributed by atoms with Crippen molar-refractivity contribution in [1.29, 1.82) is 0 Å². The third-order valence-corrected chi connectivity index (χ3v) is 3.71. The molecular formula is C15H17BrFN3. The van der Waals surface area contributed by atoms with Crippen molar-refractivity contribution >= 4 is 15.9 Å². The highest BCUT2D eigenvalue weighted by Gasteiger charge is 2.15. The van der Waals surface area contributed by atoms with E-state index in [1.165, 1.54) is 6.07 Å². The lowest BCUT2D eigenvalue weighted by Crippen LogP contribution is -2.17. The van der Waals surface area contributed by atoms with Crippen LogP contribution in [-0.2, 0) is 12.8 Å². The molecule has 20 heavy (non-hydrogen) atoms. The molecule has 1 aromatic carbocycles. The second-order valence-corrected chi connectivity index (χ2v) is 5.70. The van der Waals surface area contributed by atoms with Crippen LogP contribution in [0.15, 0.2) is 28.7 Å². The summed E-state index contributed by atoms with van der Waals surface area (Å²) in [5.41, 5.74) is 9.49. The molecule has 0 aliphatic heterocycles. The first-order chi connectivity index (χ1) is 9.51. The Hall–Kier alpha value is -1.33. The van der Waals surface area contributed by atoms with E-state index < -0.39 is 0 Å². The van der Waals surface area contributed by atoms with Gasteiger partial charge in [-0.1, -0.05) is 28.9 Å². The number of rotatable bonds is 4. The maximum absolute atomic E-state index is 13.9. The molecule has 5 heteroatoms. The van der Waals surface area contributed by atoms with E-state index in [2.05, 4.69) is 26.1 Å². The summed E-state index contributed by atoms with van der Waals surface area (Å²) in [7, 11) is 0. The number of hydrogen-bond donors (Lipinski definition) is 1. The molecule has 1 aromatic heterocycles. The van der Waals surface area contributed by atoms with E-state index in [0.29, 0.717) is 12.0 Å². The van der Waals surface area contributed by atoms with E-state index in [9.17, 15) is 4.39 Å². The zero-order valence-electron chi connectivity index (χ0n) is 11.5. The van der Waals surface area contributed by atoms with E-state index in [1.54, 1.807) is 6.07 Å². The van der Waals surface area contributed by atoms with E-state index in [0.717, 1.165) is 27.8 Å². The van der Waals surface area contributed by atoms with Crippen molar-refractivity contribution in [2.45, 2.75) is 32.7 Å². The smallest absolute Gasteiger partial charge is 0.127 e. The van der Waals surface area contributed by atoms with Gasteiger partial charge < -0.3 is 5.73 Å². The summed E-state index contributed by atoms with van der Waals surface area (Å²) in [6.45, 7) is 3.89. The fourth-order valence-electron chi connectivity index (χ4n) is 2.16. The van der Waals surface area contributed by atoms with E-state index in [-0.39, 0.29) is 11.9 Å². The molecule has 0 radical (unpaired) electrons. The van der Waals surface area contributed by atoms with Gasteiger partial charge in [-0.15, -0.1) is 0 Å². The molecule has 1 atom stereocenters. The number of halogens is 2. The monoisotopic (exact) mass is 337 g/mol. The van der Waals surface area contributed by atoms with Crippen molar-refractivity contribution < 1.29 is 4.39 Å². The van der Waals surface area contributed by atoms with E-state index in [4.69, 9.17) is 5.73 Å². The molecular weight excluding hydrogens is 321 g/mol. The second kappa shape index (κ2) is 6.41. The summed E-state index contributed by atoms with van der Waals surface area (Å²) < 4.78 is 14.6. The molecule has 0 saturated carbocycles. The summed E-state index contributed by atoms with van der Waals surface area (Å²) in [4.78, 5) is 0. The lowest BCUT2D eigenvalue weighted by molar-refractivity contribution is 0.589. The highest BCUT2D eigenvalue weighted by atomic mass is 79.9. The second-order valence-electron chi connectivity index (χ2n) is 4.79. The fourth-order valence-corrected chi connectivity index (χ4v) is 2.50. The predicted molar refractivity (Wildman–Crippen MR) is 80.9 cm³/mol. The first-order valence-electron chi connectivity index (χ1n) is 6.54. The third kappa shape index (κ3) is 3.41. The Labute approximate surface area is 126 Å². The highest BCUT2D eigenvalue weighted by molar-refractivity contribution is 9.10. The topological polar surface area (TPSA) is 51.8 Å². The van der Waals surface area contributed by atoms with E-state index >= 15 is 0 Å². The third-order valence-electron chi connectivity index (χ3n) is 3.22. The van der Waals surface area contributed by atoms with Crippen molar-refractivity contribution in [3.63, 3.8) is 0 Å². The van der Waals surface area contributed by atoms with Crippen LogP contribution in [0.5, 0.6) is 0 Å². The molecule has 0 bridgehead atoms. The van der Waals surface area contributed by atoms with Gasteiger partial charge in [-0.2, -0.15) is 10.2 Å². The van der Waals surface area contributed by atoms with Crippen molar-refractivity contribution in [2.24, 2.45) is 5.73 Å².